The molecule has 0 aromatic carbocycles. The van der Waals surface area contributed by atoms with E-state index in [9.17, 15) is 0 Å². The van der Waals surface area contributed by atoms with Gasteiger partial charge < -0.3 is 18.9 Å². The summed E-state index contributed by atoms with van der Waals surface area (Å²) in [5.41, 5.74) is 2.04. The highest BCUT2D eigenvalue weighted by molar-refractivity contribution is 5.39. The second-order valence-corrected chi connectivity index (χ2v) is 4.86. The van der Waals surface area contributed by atoms with Crippen molar-refractivity contribution < 1.29 is 9.15 Å². The van der Waals surface area contributed by atoms with Crippen LogP contribution in [0.15, 0.2) is 53.4 Å². The summed E-state index contributed by atoms with van der Waals surface area (Å²) in [6, 6.07) is 9.79. The molecule has 3 heterocycles. The molecular formula is C16H19N3O2. The zero-order chi connectivity index (χ0) is 14.3. The largest absolute Gasteiger partial charge is 0.467 e. The molecule has 0 amide bonds. The van der Waals surface area contributed by atoms with E-state index in [0.29, 0.717) is 6.61 Å². The summed E-state index contributed by atoms with van der Waals surface area (Å²) in [5.74, 6) is 0.868. The van der Waals surface area contributed by atoms with Crippen molar-refractivity contribution in [1.82, 2.24) is 14.7 Å². The summed E-state index contributed by atoms with van der Waals surface area (Å²) in [6.45, 7) is 2.95. The van der Waals surface area contributed by atoms with Gasteiger partial charge in [0.05, 0.1) is 12.0 Å². The third-order valence-corrected chi connectivity index (χ3v) is 3.19. The summed E-state index contributed by atoms with van der Waals surface area (Å²) in [5, 5.41) is 3.38. The topological polar surface area (TPSA) is 51.7 Å². The monoisotopic (exact) mass is 285 g/mol. The van der Waals surface area contributed by atoms with Crippen LogP contribution in [-0.2, 0) is 17.9 Å². The fourth-order valence-electron chi connectivity index (χ4n) is 2.16. The Labute approximate surface area is 123 Å². The molecule has 21 heavy (non-hydrogen) atoms. The molecule has 0 aliphatic heterocycles. The summed E-state index contributed by atoms with van der Waals surface area (Å²) < 4.78 is 12.8. The van der Waals surface area contributed by atoms with Crippen molar-refractivity contribution in [2.75, 3.05) is 13.2 Å². The van der Waals surface area contributed by atoms with Crippen molar-refractivity contribution in [1.29, 1.82) is 0 Å². The second kappa shape index (κ2) is 7.06. The molecule has 3 aromatic rings. The van der Waals surface area contributed by atoms with Gasteiger partial charge >= 0.3 is 0 Å². The summed E-state index contributed by atoms with van der Waals surface area (Å²) >= 11 is 0. The molecule has 0 spiro atoms. The molecule has 5 nitrogen and oxygen atoms in total. The van der Waals surface area contributed by atoms with Gasteiger partial charge in [0.15, 0.2) is 0 Å². The maximum absolute atomic E-state index is 5.52. The molecule has 3 aromatic heterocycles. The third-order valence-electron chi connectivity index (χ3n) is 3.19. The Morgan fingerprint density at radius 3 is 3.10 bits per heavy atom. The SMILES string of the molecule is c1coc(COCCCNCc2cn3ccccc3n2)c1. The third kappa shape index (κ3) is 3.93. The number of hydrogen-bond acceptors (Lipinski definition) is 4. The van der Waals surface area contributed by atoms with Crippen molar-refractivity contribution >= 4 is 5.65 Å². The van der Waals surface area contributed by atoms with E-state index in [1.165, 1.54) is 0 Å². The van der Waals surface area contributed by atoms with Crippen molar-refractivity contribution in [3.63, 3.8) is 0 Å². The Balaban J connectivity index is 1.31. The van der Waals surface area contributed by atoms with E-state index in [2.05, 4.69) is 16.5 Å². The fraction of sp³-hybridized carbons (Fsp3) is 0.312. The molecular weight excluding hydrogens is 266 g/mol. The number of hydrogen-bond donors (Lipinski definition) is 1. The van der Waals surface area contributed by atoms with Crippen LogP contribution in [-0.4, -0.2) is 22.5 Å². The molecule has 0 saturated carbocycles. The maximum atomic E-state index is 5.52. The second-order valence-electron chi connectivity index (χ2n) is 4.86. The average molecular weight is 285 g/mol. The number of ether oxygens (including phenoxy) is 1. The van der Waals surface area contributed by atoms with Crippen LogP contribution in [0.25, 0.3) is 5.65 Å². The van der Waals surface area contributed by atoms with Crippen LogP contribution >= 0.6 is 0 Å². The summed E-state index contributed by atoms with van der Waals surface area (Å²) in [4.78, 5) is 4.54. The molecule has 0 aliphatic rings. The van der Waals surface area contributed by atoms with Crippen LogP contribution in [0.4, 0.5) is 0 Å². The summed E-state index contributed by atoms with van der Waals surface area (Å²) in [7, 11) is 0. The van der Waals surface area contributed by atoms with Gasteiger partial charge in [0.25, 0.3) is 0 Å². The zero-order valence-electron chi connectivity index (χ0n) is 11.9. The number of fused-ring (bicyclic) bond motifs is 1. The minimum absolute atomic E-state index is 0.541. The Hall–Kier alpha value is -2.11. The molecule has 110 valence electrons. The predicted octanol–water partition coefficient (Wildman–Crippen LogP) is 2.62. The molecule has 0 bridgehead atoms. The van der Waals surface area contributed by atoms with E-state index in [1.54, 1.807) is 6.26 Å². The van der Waals surface area contributed by atoms with Gasteiger partial charge in [-0.2, -0.15) is 0 Å². The average Bonchev–Trinajstić information content (AvgIpc) is 3.15. The number of pyridine rings is 1. The molecule has 0 radical (unpaired) electrons. The van der Waals surface area contributed by atoms with Gasteiger partial charge in [-0.1, -0.05) is 6.07 Å². The normalized spacial score (nSPS) is 11.2. The van der Waals surface area contributed by atoms with E-state index in [-0.39, 0.29) is 0 Å². The first-order chi connectivity index (χ1) is 10.4. The number of furan rings is 1. The molecule has 0 saturated heterocycles. The van der Waals surface area contributed by atoms with Gasteiger partial charge in [-0.05, 0) is 37.2 Å². The molecule has 3 rings (SSSR count). The molecule has 0 atom stereocenters. The highest BCUT2D eigenvalue weighted by atomic mass is 16.5. The lowest BCUT2D eigenvalue weighted by atomic mass is 10.4. The minimum atomic E-state index is 0.541. The lowest BCUT2D eigenvalue weighted by Crippen LogP contribution is -2.16. The number of rotatable bonds is 8. The van der Waals surface area contributed by atoms with Crippen LogP contribution in [0.1, 0.15) is 17.9 Å². The number of nitrogens with zero attached hydrogens (tertiary/aromatic N) is 2. The lowest BCUT2D eigenvalue weighted by molar-refractivity contribution is 0.104. The Morgan fingerprint density at radius 2 is 2.24 bits per heavy atom. The van der Waals surface area contributed by atoms with Crippen LogP contribution in [0.2, 0.25) is 0 Å². The highest BCUT2D eigenvalue weighted by Crippen LogP contribution is 2.04. The summed E-state index contributed by atoms with van der Waals surface area (Å²) in [6.07, 6.45) is 6.69. The van der Waals surface area contributed by atoms with Gasteiger partial charge in [-0.25, -0.2) is 4.98 Å². The van der Waals surface area contributed by atoms with E-state index < -0.39 is 0 Å². The molecule has 1 N–H and O–H groups in total. The Bertz CT molecular complexity index is 628. The predicted molar refractivity (Wildman–Crippen MR) is 79.9 cm³/mol. The minimum Gasteiger partial charge on any atom is -0.467 e. The highest BCUT2D eigenvalue weighted by Gasteiger charge is 2.00. The van der Waals surface area contributed by atoms with Crippen molar-refractivity contribution in [2.45, 2.75) is 19.6 Å². The van der Waals surface area contributed by atoms with E-state index in [4.69, 9.17) is 9.15 Å². The van der Waals surface area contributed by atoms with Crippen LogP contribution in [0.3, 0.4) is 0 Å². The van der Waals surface area contributed by atoms with Crippen LogP contribution in [0, 0.1) is 0 Å². The van der Waals surface area contributed by atoms with Gasteiger partial charge in [0.2, 0.25) is 0 Å². The lowest BCUT2D eigenvalue weighted by Gasteiger charge is -2.03. The zero-order valence-corrected chi connectivity index (χ0v) is 11.9. The van der Waals surface area contributed by atoms with Gasteiger partial charge in [0, 0.05) is 25.5 Å². The van der Waals surface area contributed by atoms with E-state index >= 15 is 0 Å². The van der Waals surface area contributed by atoms with Crippen molar-refractivity contribution in [3.8, 4) is 0 Å². The van der Waals surface area contributed by atoms with Gasteiger partial charge in [-0.15, -0.1) is 0 Å². The fourth-order valence-corrected chi connectivity index (χ4v) is 2.16. The first-order valence-corrected chi connectivity index (χ1v) is 7.15. The van der Waals surface area contributed by atoms with E-state index in [0.717, 1.165) is 43.2 Å². The van der Waals surface area contributed by atoms with Crippen LogP contribution < -0.4 is 5.32 Å². The standard InChI is InChI=1S/C16H19N3O2/c1-2-8-19-12-14(18-16(19)6-1)11-17-7-4-9-20-13-15-5-3-10-21-15/h1-3,5-6,8,10,12,17H,4,7,9,11,13H2. The molecule has 0 unspecified atom stereocenters. The quantitative estimate of drug-likeness (QED) is 0.646. The number of nitrogens with one attached hydrogen (secondary N) is 1. The van der Waals surface area contributed by atoms with Crippen molar-refractivity contribution in [3.05, 3.63) is 60.4 Å². The van der Waals surface area contributed by atoms with E-state index in [1.807, 2.05) is 40.9 Å². The first-order valence-electron chi connectivity index (χ1n) is 7.15. The van der Waals surface area contributed by atoms with Gasteiger partial charge in [-0.3, -0.25) is 0 Å². The van der Waals surface area contributed by atoms with Crippen molar-refractivity contribution in [2.24, 2.45) is 0 Å². The van der Waals surface area contributed by atoms with Gasteiger partial charge in [0.1, 0.15) is 18.0 Å². The first kappa shape index (κ1) is 13.9. The van der Waals surface area contributed by atoms with Crippen LogP contribution in [0.5, 0.6) is 0 Å². The molecule has 0 aliphatic carbocycles. The number of aromatic nitrogens is 2. The maximum Gasteiger partial charge on any atom is 0.137 e. The number of imidazole rings is 1. The Morgan fingerprint density at radius 1 is 1.24 bits per heavy atom. The molecule has 0 fully saturated rings. The molecule has 5 heteroatoms. The Kier molecular flexibility index (Phi) is 4.66. The smallest absolute Gasteiger partial charge is 0.137 e.